The normalized spacial score (nSPS) is 15.6. The van der Waals surface area contributed by atoms with Gasteiger partial charge in [-0.2, -0.15) is 0 Å². The Kier molecular flexibility index (Phi) is 5.61. The summed E-state index contributed by atoms with van der Waals surface area (Å²) in [6.07, 6.45) is 0. The number of hydrogen-bond acceptors (Lipinski definition) is 5. The first-order valence-electron chi connectivity index (χ1n) is 9.08. The summed E-state index contributed by atoms with van der Waals surface area (Å²) in [7, 11) is 0. The first-order valence-corrected chi connectivity index (χ1v) is 9.96. The number of aryl methyl sites for hydroxylation is 2. The van der Waals surface area contributed by atoms with Crippen molar-refractivity contribution in [1.82, 2.24) is 0 Å². The van der Waals surface area contributed by atoms with Crippen molar-refractivity contribution < 1.29 is 19.1 Å². The van der Waals surface area contributed by atoms with E-state index in [2.05, 4.69) is 5.32 Å². The van der Waals surface area contributed by atoms with Crippen LogP contribution in [0, 0.1) is 20.8 Å². The number of fused-ring (bicyclic) bond motifs is 1. The molecule has 146 valence electrons. The minimum Gasteiger partial charge on any atom is -0.457 e. The average Bonchev–Trinajstić information content (AvgIpc) is 2.61. The van der Waals surface area contributed by atoms with Gasteiger partial charge in [0, 0.05) is 10.5 Å². The zero-order valence-electron chi connectivity index (χ0n) is 16.6. The van der Waals surface area contributed by atoms with E-state index in [1.165, 1.54) is 11.8 Å². The van der Waals surface area contributed by atoms with Crippen LogP contribution in [0.1, 0.15) is 56.8 Å². The molecule has 0 saturated carbocycles. The van der Waals surface area contributed by atoms with Crippen molar-refractivity contribution in [2.45, 2.75) is 51.4 Å². The Bertz CT molecular complexity index is 997. The van der Waals surface area contributed by atoms with Gasteiger partial charge >= 0.3 is 5.97 Å². The number of carbonyl (C=O) groups excluding carboxylic acids is 3. The maximum atomic E-state index is 12.5. The molecule has 0 radical (unpaired) electrons. The second-order valence-corrected chi connectivity index (χ2v) is 8.46. The van der Waals surface area contributed by atoms with Gasteiger partial charge < -0.3 is 10.1 Å². The van der Waals surface area contributed by atoms with Crippen LogP contribution in [0.5, 0.6) is 0 Å². The molecule has 5 nitrogen and oxygen atoms in total. The third-order valence-corrected chi connectivity index (χ3v) is 6.15. The molecular weight excluding hydrogens is 374 g/mol. The molecule has 0 aromatic heterocycles. The molecule has 0 fully saturated rings. The van der Waals surface area contributed by atoms with E-state index in [-0.39, 0.29) is 23.5 Å². The van der Waals surface area contributed by atoms with Crippen LogP contribution in [0.4, 0.5) is 5.69 Å². The highest BCUT2D eigenvalue weighted by molar-refractivity contribution is 8.00. The minimum absolute atomic E-state index is 0.000247. The van der Waals surface area contributed by atoms with E-state index in [9.17, 15) is 14.4 Å². The number of Topliss-reactive ketones (excluding diaryl/α,β-unsaturated/α-hetero) is 1. The van der Waals surface area contributed by atoms with E-state index < -0.39 is 5.97 Å². The minimum atomic E-state index is -0.468. The first-order chi connectivity index (χ1) is 13.2. The predicted molar refractivity (Wildman–Crippen MR) is 110 cm³/mol. The lowest BCUT2D eigenvalue weighted by Gasteiger charge is -2.21. The molecule has 1 aliphatic heterocycles. The highest BCUT2D eigenvalue weighted by atomic mass is 32.2. The maximum Gasteiger partial charge on any atom is 0.338 e. The van der Waals surface area contributed by atoms with Gasteiger partial charge in [-0.1, -0.05) is 6.07 Å². The SMILES string of the molecule is CC(=O)c1c(C)cc(C)c(COC(=O)c2ccc3c(c2)NC(=O)[C@@H](C)S3)c1C. The summed E-state index contributed by atoms with van der Waals surface area (Å²) in [5.41, 5.74) is 5.29. The van der Waals surface area contributed by atoms with Crippen molar-refractivity contribution >= 4 is 35.1 Å². The van der Waals surface area contributed by atoms with E-state index in [4.69, 9.17) is 4.74 Å². The van der Waals surface area contributed by atoms with Crippen LogP contribution in [-0.4, -0.2) is 22.9 Å². The van der Waals surface area contributed by atoms with Gasteiger partial charge in [0.15, 0.2) is 5.78 Å². The van der Waals surface area contributed by atoms with E-state index in [1.54, 1.807) is 19.1 Å². The van der Waals surface area contributed by atoms with Gasteiger partial charge in [-0.3, -0.25) is 9.59 Å². The molecule has 2 aromatic carbocycles. The van der Waals surface area contributed by atoms with E-state index in [0.717, 1.165) is 27.1 Å². The molecule has 0 aliphatic carbocycles. The number of amides is 1. The molecule has 28 heavy (non-hydrogen) atoms. The number of esters is 1. The van der Waals surface area contributed by atoms with Gasteiger partial charge in [-0.25, -0.2) is 4.79 Å². The molecule has 3 rings (SSSR count). The quantitative estimate of drug-likeness (QED) is 0.603. The number of thioether (sulfide) groups is 1. The van der Waals surface area contributed by atoms with Crippen LogP contribution in [0.25, 0.3) is 0 Å². The summed E-state index contributed by atoms with van der Waals surface area (Å²) in [6.45, 7) is 9.21. The molecule has 1 aliphatic rings. The van der Waals surface area contributed by atoms with Crippen LogP contribution in [0.15, 0.2) is 29.2 Å². The van der Waals surface area contributed by atoms with Crippen molar-refractivity contribution in [3.05, 3.63) is 57.6 Å². The molecule has 0 spiro atoms. The molecule has 1 amide bonds. The van der Waals surface area contributed by atoms with Gasteiger partial charge in [-0.05, 0) is 75.1 Å². The molecule has 1 N–H and O–H groups in total. The van der Waals surface area contributed by atoms with Crippen LogP contribution in [0.3, 0.4) is 0 Å². The second-order valence-electron chi connectivity index (χ2n) is 7.08. The smallest absolute Gasteiger partial charge is 0.338 e. The van der Waals surface area contributed by atoms with Crippen LogP contribution in [-0.2, 0) is 16.1 Å². The van der Waals surface area contributed by atoms with Crippen LogP contribution >= 0.6 is 11.8 Å². The first kappa shape index (κ1) is 20.1. The highest BCUT2D eigenvalue weighted by Crippen LogP contribution is 2.36. The number of ether oxygens (including phenoxy) is 1. The Morgan fingerprint density at radius 2 is 1.86 bits per heavy atom. The Morgan fingerprint density at radius 3 is 2.54 bits per heavy atom. The largest absolute Gasteiger partial charge is 0.457 e. The molecule has 0 saturated heterocycles. The average molecular weight is 397 g/mol. The fourth-order valence-corrected chi connectivity index (χ4v) is 4.48. The lowest BCUT2D eigenvalue weighted by molar-refractivity contribution is -0.115. The Labute approximate surface area is 168 Å². The molecule has 2 aromatic rings. The summed E-state index contributed by atoms with van der Waals surface area (Å²) in [6, 6.07) is 7.11. The van der Waals surface area contributed by atoms with Gasteiger partial charge in [0.1, 0.15) is 6.61 Å². The fraction of sp³-hybridized carbons (Fsp3) is 0.318. The number of benzene rings is 2. The number of hydrogen-bond donors (Lipinski definition) is 1. The summed E-state index contributed by atoms with van der Waals surface area (Å²) in [5.74, 6) is -0.546. The van der Waals surface area contributed by atoms with E-state index in [0.29, 0.717) is 16.8 Å². The zero-order chi connectivity index (χ0) is 20.6. The third-order valence-electron chi connectivity index (χ3n) is 4.98. The maximum absolute atomic E-state index is 12.5. The number of carbonyl (C=O) groups is 3. The molecule has 1 heterocycles. The predicted octanol–water partition coefficient (Wildman–Crippen LogP) is 4.60. The lowest BCUT2D eigenvalue weighted by atomic mass is 9.92. The second kappa shape index (κ2) is 7.80. The van der Waals surface area contributed by atoms with Crippen LogP contribution in [0.2, 0.25) is 0 Å². The van der Waals surface area contributed by atoms with Gasteiger partial charge in [-0.15, -0.1) is 11.8 Å². The van der Waals surface area contributed by atoms with Gasteiger partial charge in [0.2, 0.25) is 5.91 Å². The number of rotatable bonds is 4. The number of nitrogens with one attached hydrogen (secondary N) is 1. The molecular formula is C22H23NO4S. The lowest BCUT2D eigenvalue weighted by Crippen LogP contribution is -2.26. The highest BCUT2D eigenvalue weighted by Gasteiger charge is 2.24. The van der Waals surface area contributed by atoms with Gasteiger partial charge in [0.25, 0.3) is 0 Å². The molecule has 1 atom stereocenters. The van der Waals surface area contributed by atoms with Crippen molar-refractivity contribution in [3.63, 3.8) is 0 Å². The van der Waals surface area contributed by atoms with Crippen molar-refractivity contribution in [1.29, 1.82) is 0 Å². The van der Waals surface area contributed by atoms with E-state index in [1.807, 2.05) is 39.8 Å². The third kappa shape index (κ3) is 3.83. The summed E-state index contributed by atoms with van der Waals surface area (Å²) in [5, 5.41) is 2.66. The Balaban J connectivity index is 1.80. The van der Waals surface area contributed by atoms with E-state index >= 15 is 0 Å². The standard InChI is InChI=1S/C22H23NO4S/c1-11-8-12(2)20(14(4)24)13(3)17(11)10-27-22(26)16-6-7-19-18(9-16)23-21(25)15(5)28-19/h6-9,15H,10H2,1-5H3,(H,23,25)/t15-/m1/s1. The summed E-state index contributed by atoms with van der Waals surface area (Å²) < 4.78 is 5.52. The Morgan fingerprint density at radius 1 is 1.14 bits per heavy atom. The zero-order valence-corrected chi connectivity index (χ0v) is 17.5. The molecule has 0 bridgehead atoms. The molecule has 6 heteroatoms. The summed E-state index contributed by atoms with van der Waals surface area (Å²) >= 11 is 1.46. The fourth-order valence-electron chi connectivity index (χ4n) is 3.55. The van der Waals surface area contributed by atoms with Crippen LogP contribution < -0.4 is 5.32 Å². The number of anilines is 1. The van der Waals surface area contributed by atoms with Gasteiger partial charge in [0.05, 0.1) is 16.5 Å². The topological polar surface area (TPSA) is 72.5 Å². The monoisotopic (exact) mass is 397 g/mol. The van der Waals surface area contributed by atoms with Crippen molar-refractivity contribution in [3.8, 4) is 0 Å². The van der Waals surface area contributed by atoms with Crippen molar-refractivity contribution in [2.24, 2.45) is 0 Å². The Hall–Kier alpha value is -2.60. The molecule has 0 unspecified atom stereocenters. The summed E-state index contributed by atoms with van der Waals surface area (Å²) in [4.78, 5) is 37.3. The number of ketones is 1. The van der Waals surface area contributed by atoms with Crippen molar-refractivity contribution in [2.75, 3.05) is 5.32 Å².